The fourth-order valence-electron chi connectivity index (χ4n) is 2.80. The minimum atomic E-state index is -3.49. The Labute approximate surface area is 160 Å². The summed E-state index contributed by atoms with van der Waals surface area (Å²) in [5, 5.41) is 7.68. The smallest absolute Gasteiger partial charge is 0.242 e. The van der Waals surface area contributed by atoms with Crippen molar-refractivity contribution in [2.24, 2.45) is 0 Å². The van der Waals surface area contributed by atoms with Crippen molar-refractivity contribution < 1.29 is 8.42 Å². The van der Waals surface area contributed by atoms with E-state index in [-0.39, 0.29) is 4.90 Å². The van der Waals surface area contributed by atoms with E-state index in [9.17, 15) is 8.42 Å². The van der Waals surface area contributed by atoms with Crippen LogP contribution in [0.2, 0.25) is 0 Å². The first-order valence-corrected chi connectivity index (χ1v) is 10.2. The van der Waals surface area contributed by atoms with Crippen LogP contribution in [0, 0.1) is 0 Å². The third-order valence-electron chi connectivity index (χ3n) is 4.27. The molecule has 0 amide bonds. The van der Waals surface area contributed by atoms with Crippen molar-refractivity contribution in [3.8, 4) is 0 Å². The van der Waals surface area contributed by atoms with Crippen LogP contribution in [0.15, 0.2) is 59.6 Å². The second-order valence-electron chi connectivity index (χ2n) is 6.41. The van der Waals surface area contributed by atoms with E-state index in [4.69, 9.17) is 0 Å². The summed E-state index contributed by atoms with van der Waals surface area (Å²) in [6.07, 6.45) is 1.84. The molecule has 0 aliphatic rings. The first-order valence-electron chi connectivity index (χ1n) is 8.80. The third-order valence-corrected chi connectivity index (χ3v) is 6.08. The van der Waals surface area contributed by atoms with E-state index in [1.165, 1.54) is 18.4 Å². The maximum Gasteiger partial charge on any atom is 0.242 e. The quantitative estimate of drug-likeness (QED) is 0.652. The monoisotopic (exact) mass is 384 g/mol. The Kier molecular flexibility index (Phi) is 5.62. The van der Waals surface area contributed by atoms with Crippen LogP contribution in [0.5, 0.6) is 0 Å². The average Bonchev–Trinajstić information content (AvgIpc) is 2.67. The molecule has 0 aliphatic carbocycles. The number of nitrogens with one attached hydrogen (secondary N) is 2. The van der Waals surface area contributed by atoms with Gasteiger partial charge in [0.05, 0.1) is 21.8 Å². The highest BCUT2D eigenvalue weighted by molar-refractivity contribution is 7.89. The number of anilines is 2. The Morgan fingerprint density at radius 3 is 2.52 bits per heavy atom. The van der Waals surface area contributed by atoms with E-state index in [0.717, 1.165) is 34.4 Å². The number of fused-ring (bicyclic) bond motifs is 1. The Hall–Kier alpha value is -2.64. The molecule has 27 heavy (non-hydrogen) atoms. The molecule has 142 valence electrons. The van der Waals surface area contributed by atoms with Gasteiger partial charge in [-0.3, -0.25) is 4.98 Å². The van der Waals surface area contributed by atoms with Crippen molar-refractivity contribution >= 4 is 32.3 Å². The van der Waals surface area contributed by atoms with Gasteiger partial charge in [0.25, 0.3) is 0 Å². The van der Waals surface area contributed by atoms with Crippen molar-refractivity contribution in [2.45, 2.75) is 18.4 Å². The van der Waals surface area contributed by atoms with Crippen LogP contribution < -0.4 is 10.6 Å². The summed E-state index contributed by atoms with van der Waals surface area (Å²) in [5.41, 5.74) is 3.59. The summed E-state index contributed by atoms with van der Waals surface area (Å²) in [4.78, 5) is 4.73. The topological polar surface area (TPSA) is 74.3 Å². The molecule has 0 saturated carbocycles. The molecule has 0 fully saturated rings. The first-order chi connectivity index (χ1) is 12.9. The number of sulfonamides is 1. The second kappa shape index (κ2) is 7.94. The Bertz CT molecular complexity index is 1050. The second-order valence-corrected chi connectivity index (χ2v) is 8.57. The highest BCUT2D eigenvalue weighted by Gasteiger charge is 2.18. The van der Waals surface area contributed by atoms with Crippen LogP contribution in [0.25, 0.3) is 10.9 Å². The van der Waals surface area contributed by atoms with Crippen LogP contribution >= 0.6 is 0 Å². The lowest BCUT2D eigenvalue weighted by molar-refractivity contribution is 0.521. The molecule has 1 heterocycles. The standard InChI is InChI=1S/C20H24N4O2S/c1-4-21-19-10-9-17(27(25,26)24(2)3)12-20(19)23-14-15-11-16-7-5-6-8-18(16)22-13-15/h5-13,21,23H,4,14H2,1-3H3. The van der Waals surface area contributed by atoms with E-state index < -0.39 is 10.0 Å². The van der Waals surface area contributed by atoms with Crippen LogP contribution in [0.4, 0.5) is 11.4 Å². The summed E-state index contributed by atoms with van der Waals surface area (Å²) in [7, 11) is -0.431. The highest BCUT2D eigenvalue weighted by Crippen LogP contribution is 2.27. The lowest BCUT2D eigenvalue weighted by Crippen LogP contribution is -2.22. The Balaban J connectivity index is 1.89. The van der Waals surface area contributed by atoms with Gasteiger partial charge < -0.3 is 10.6 Å². The van der Waals surface area contributed by atoms with Crippen molar-refractivity contribution in [3.63, 3.8) is 0 Å². The number of hydrogen-bond donors (Lipinski definition) is 2. The zero-order chi connectivity index (χ0) is 19.4. The van der Waals surface area contributed by atoms with Gasteiger partial charge in [0, 0.05) is 38.8 Å². The number of benzene rings is 2. The average molecular weight is 385 g/mol. The molecular formula is C20H24N4O2S. The molecule has 0 saturated heterocycles. The molecule has 0 unspecified atom stereocenters. The molecule has 0 spiro atoms. The van der Waals surface area contributed by atoms with E-state index >= 15 is 0 Å². The summed E-state index contributed by atoms with van der Waals surface area (Å²) in [6, 6.07) is 15.1. The number of para-hydroxylation sites is 1. The minimum absolute atomic E-state index is 0.258. The highest BCUT2D eigenvalue weighted by atomic mass is 32.2. The lowest BCUT2D eigenvalue weighted by atomic mass is 10.1. The van der Waals surface area contributed by atoms with Gasteiger partial charge in [-0.25, -0.2) is 12.7 Å². The SMILES string of the molecule is CCNc1ccc(S(=O)(=O)N(C)C)cc1NCc1cnc2ccccc2c1. The van der Waals surface area contributed by atoms with Crippen molar-refractivity contribution in [1.82, 2.24) is 9.29 Å². The molecule has 3 aromatic rings. The number of hydrogen-bond acceptors (Lipinski definition) is 5. The van der Waals surface area contributed by atoms with Crippen molar-refractivity contribution in [3.05, 3.63) is 60.3 Å². The molecule has 3 rings (SSSR count). The Morgan fingerprint density at radius 2 is 1.78 bits per heavy atom. The molecule has 0 bridgehead atoms. The molecule has 7 heteroatoms. The molecule has 2 N–H and O–H groups in total. The van der Waals surface area contributed by atoms with E-state index in [1.54, 1.807) is 18.2 Å². The largest absolute Gasteiger partial charge is 0.384 e. The molecule has 2 aromatic carbocycles. The number of nitrogens with zero attached hydrogens (tertiary/aromatic N) is 2. The fraction of sp³-hybridized carbons (Fsp3) is 0.250. The van der Waals surface area contributed by atoms with Gasteiger partial charge in [-0.15, -0.1) is 0 Å². The Morgan fingerprint density at radius 1 is 1.00 bits per heavy atom. The fourth-order valence-corrected chi connectivity index (χ4v) is 3.72. The summed E-state index contributed by atoms with van der Waals surface area (Å²) < 4.78 is 26.1. The number of aromatic nitrogens is 1. The minimum Gasteiger partial charge on any atom is -0.384 e. The summed E-state index contributed by atoms with van der Waals surface area (Å²) in [5.74, 6) is 0. The van der Waals surface area contributed by atoms with Gasteiger partial charge in [-0.05, 0) is 42.8 Å². The maximum atomic E-state index is 12.4. The van der Waals surface area contributed by atoms with Crippen molar-refractivity contribution in [2.75, 3.05) is 31.3 Å². The van der Waals surface area contributed by atoms with Crippen LogP contribution in [-0.2, 0) is 16.6 Å². The van der Waals surface area contributed by atoms with Gasteiger partial charge in [0.1, 0.15) is 0 Å². The molecule has 0 aliphatic heterocycles. The van der Waals surface area contributed by atoms with E-state index in [0.29, 0.717) is 6.54 Å². The van der Waals surface area contributed by atoms with Gasteiger partial charge >= 0.3 is 0 Å². The first kappa shape index (κ1) is 19.1. The van der Waals surface area contributed by atoms with Gasteiger partial charge in [-0.1, -0.05) is 18.2 Å². The van der Waals surface area contributed by atoms with Crippen LogP contribution in [0.1, 0.15) is 12.5 Å². The van der Waals surface area contributed by atoms with Gasteiger partial charge in [0.2, 0.25) is 10.0 Å². The normalized spacial score (nSPS) is 11.7. The lowest BCUT2D eigenvalue weighted by Gasteiger charge is -2.17. The zero-order valence-corrected chi connectivity index (χ0v) is 16.5. The van der Waals surface area contributed by atoms with Crippen LogP contribution in [0.3, 0.4) is 0 Å². The van der Waals surface area contributed by atoms with Gasteiger partial charge in [0.15, 0.2) is 0 Å². The van der Waals surface area contributed by atoms with E-state index in [1.807, 2.05) is 37.4 Å². The van der Waals surface area contributed by atoms with E-state index in [2.05, 4.69) is 21.7 Å². The molecule has 0 atom stereocenters. The molecule has 1 aromatic heterocycles. The molecule has 6 nitrogen and oxygen atoms in total. The van der Waals surface area contributed by atoms with Crippen LogP contribution in [-0.4, -0.2) is 38.3 Å². The van der Waals surface area contributed by atoms with Crippen molar-refractivity contribution in [1.29, 1.82) is 0 Å². The molecular weight excluding hydrogens is 360 g/mol. The molecule has 0 radical (unpaired) electrons. The number of pyridine rings is 1. The summed E-state index contributed by atoms with van der Waals surface area (Å²) in [6.45, 7) is 3.29. The number of rotatable bonds is 7. The summed E-state index contributed by atoms with van der Waals surface area (Å²) >= 11 is 0. The third kappa shape index (κ3) is 4.20. The predicted molar refractivity (Wildman–Crippen MR) is 111 cm³/mol. The maximum absolute atomic E-state index is 12.4. The predicted octanol–water partition coefficient (Wildman–Crippen LogP) is 3.53. The zero-order valence-electron chi connectivity index (χ0n) is 15.7. The van der Waals surface area contributed by atoms with Gasteiger partial charge in [-0.2, -0.15) is 0 Å².